The second kappa shape index (κ2) is 12.5. The average molecular weight is 639 g/mol. The fourth-order valence-corrected chi connectivity index (χ4v) is 6.34. The standard InChI is InChI=1S/C31H25Cl2N3O6S/c1-4-41-30(38)26-18(3)34-31-35(27(26)21-9-5-17(2)6-10-21)29(37)25(43-31)15-20-13-23(32)28(24(33)14-20)42-16-19-7-11-22(12-8-19)36(39)40/h5-15,27H,4,16H2,1-3H3/b25-15+/t27-/m1/s1. The Kier molecular flexibility index (Phi) is 8.82. The van der Waals surface area contributed by atoms with Crippen molar-refractivity contribution in [3.05, 3.63) is 134 Å². The van der Waals surface area contributed by atoms with Gasteiger partial charge in [-0.05, 0) is 67.8 Å². The normalized spacial score (nSPS) is 14.7. The van der Waals surface area contributed by atoms with E-state index in [-0.39, 0.29) is 40.3 Å². The molecule has 0 fully saturated rings. The van der Waals surface area contributed by atoms with Gasteiger partial charge in [0.1, 0.15) is 6.61 Å². The number of aryl methyl sites for hydroxylation is 1. The number of carbonyl (C=O) groups is 1. The van der Waals surface area contributed by atoms with Crippen LogP contribution in [-0.4, -0.2) is 22.1 Å². The van der Waals surface area contributed by atoms with E-state index >= 15 is 0 Å². The topological polar surface area (TPSA) is 113 Å². The van der Waals surface area contributed by atoms with E-state index in [1.54, 1.807) is 44.2 Å². The largest absolute Gasteiger partial charge is 0.486 e. The summed E-state index contributed by atoms with van der Waals surface area (Å²) in [7, 11) is 0. The van der Waals surface area contributed by atoms with Gasteiger partial charge in [-0.3, -0.25) is 19.5 Å². The van der Waals surface area contributed by atoms with E-state index in [2.05, 4.69) is 4.99 Å². The van der Waals surface area contributed by atoms with Crippen molar-refractivity contribution < 1.29 is 19.2 Å². The Morgan fingerprint density at radius 3 is 2.35 bits per heavy atom. The molecule has 0 bridgehead atoms. The van der Waals surface area contributed by atoms with Gasteiger partial charge in [0.2, 0.25) is 0 Å². The van der Waals surface area contributed by atoms with Crippen molar-refractivity contribution >= 4 is 52.3 Å². The number of nitro groups is 1. The van der Waals surface area contributed by atoms with E-state index in [1.165, 1.54) is 28.0 Å². The van der Waals surface area contributed by atoms with Gasteiger partial charge < -0.3 is 9.47 Å². The molecule has 0 spiro atoms. The van der Waals surface area contributed by atoms with E-state index < -0.39 is 16.9 Å². The van der Waals surface area contributed by atoms with Crippen molar-refractivity contribution in [1.29, 1.82) is 0 Å². The van der Waals surface area contributed by atoms with Crippen LogP contribution >= 0.6 is 34.5 Å². The first kappa shape index (κ1) is 30.2. The molecule has 0 saturated carbocycles. The summed E-state index contributed by atoms with van der Waals surface area (Å²) >= 11 is 14.2. The van der Waals surface area contributed by atoms with Crippen LogP contribution in [0.3, 0.4) is 0 Å². The molecule has 220 valence electrons. The lowest BCUT2D eigenvalue weighted by atomic mass is 9.95. The molecule has 12 heteroatoms. The van der Waals surface area contributed by atoms with E-state index in [4.69, 9.17) is 32.7 Å². The number of aromatic nitrogens is 1. The van der Waals surface area contributed by atoms with Gasteiger partial charge in [0, 0.05) is 12.1 Å². The minimum atomic E-state index is -0.708. The van der Waals surface area contributed by atoms with Gasteiger partial charge in [0.05, 0.1) is 43.4 Å². The first-order chi connectivity index (χ1) is 20.6. The average Bonchev–Trinajstić information content (AvgIpc) is 3.26. The quantitative estimate of drug-likeness (QED) is 0.135. The van der Waals surface area contributed by atoms with Crippen LogP contribution in [-0.2, 0) is 16.1 Å². The van der Waals surface area contributed by atoms with Crippen LogP contribution in [0, 0.1) is 17.0 Å². The maximum Gasteiger partial charge on any atom is 0.338 e. The van der Waals surface area contributed by atoms with E-state index in [1.807, 2.05) is 31.2 Å². The van der Waals surface area contributed by atoms with Gasteiger partial charge in [0.15, 0.2) is 10.6 Å². The molecule has 1 aromatic heterocycles. The smallest absolute Gasteiger partial charge is 0.338 e. The summed E-state index contributed by atoms with van der Waals surface area (Å²) in [6, 6.07) is 16.2. The Bertz CT molecular complexity index is 1920. The fourth-order valence-electron chi connectivity index (χ4n) is 4.68. The van der Waals surface area contributed by atoms with Crippen LogP contribution in [0.25, 0.3) is 6.08 Å². The highest BCUT2D eigenvalue weighted by Gasteiger charge is 2.33. The van der Waals surface area contributed by atoms with Crippen molar-refractivity contribution in [3.8, 4) is 5.75 Å². The molecule has 3 aromatic carbocycles. The van der Waals surface area contributed by atoms with Gasteiger partial charge in [0.25, 0.3) is 11.2 Å². The third-order valence-corrected chi connectivity index (χ3v) is 8.30. The number of rotatable bonds is 8. The number of nitrogens with zero attached hydrogens (tertiary/aromatic N) is 3. The molecular formula is C31H25Cl2N3O6S. The number of carbonyl (C=O) groups excluding carboxylic acids is 1. The highest BCUT2D eigenvalue weighted by molar-refractivity contribution is 7.07. The Hall–Kier alpha value is -4.25. The molecule has 2 heterocycles. The van der Waals surface area contributed by atoms with Crippen molar-refractivity contribution in [3.63, 3.8) is 0 Å². The highest BCUT2D eigenvalue weighted by Crippen LogP contribution is 2.35. The molecule has 0 saturated heterocycles. The SMILES string of the molecule is CCOC(=O)C1=C(C)N=c2s/c(=C/c3cc(Cl)c(OCc4ccc([N+](=O)[O-])cc4)c(Cl)c3)c(=O)n2[C@@H]1c1ccc(C)cc1. The Balaban J connectivity index is 1.51. The van der Waals surface area contributed by atoms with Gasteiger partial charge in [-0.15, -0.1) is 0 Å². The minimum Gasteiger partial charge on any atom is -0.486 e. The third kappa shape index (κ3) is 6.27. The molecule has 0 N–H and O–H groups in total. The molecule has 1 aliphatic heterocycles. The number of hydrogen-bond donors (Lipinski definition) is 0. The molecule has 0 unspecified atom stereocenters. The molecule has 1 atom stereocenters. The lowest BCUT2D eigenvalue weighted by Crippen LogP contribution is -2.39. The fraction of sp³-hybridized carbons (Fsp3) is 0.194. The molecule has 5 rings (SSSR count). The van der Waals surface area contributed by atoms with E-state index in [0.29, 0.717) is 31.7 Å². The minimum absolute atomic E-state index is 0.0214. The van der Waals surface area contributed by atoms with Crippen molar-refractivity contribution in [1.82, 2.24) is 4.57 Å². The summed E-state index contributed by atoms with van der Waals surface area (Å²) in [5.41, 5.74) is 3.52. The van der Waals surface area contributed by atoms with Gasteiger partial charge >= 0.3 is 5.97 Å². The number of non-ortho nitro benzene ring substituents is 1. The second-order valence-electron chi connectivity index (χ2n) is 9.74. The number of allylic oxidation sites excluding steroid dienone is 1. The zero-order valence-corrected chi connectivity index (χ0v) is 25.6. The molecule has 1 aliphatic rings. The van der Waals surface area contributed by atoms with Crippen molar-refractivity contribution in [2.75, 3.05) is 6.61 Å². The van der Waals surface area contributed by atoms with E-state index in [9.17, 15) is 19.7 Å². The summed E-state index contributed by atoms with van der Waals surface area (Å²) in [6.45, 7) is 5.71. The number of nitro benzene ring substituents is 1. The van der Waals surface area contributed by atoms with Crippen LogP contribution < -0.4 is 19.6 Å². The molecule has 4 aromatic rings. The monoisotopic (exact) mass is 637 g/mol. The summed E-state index contributed by atoms with van der Waals surface area (Å²) < 4.78 is 13.0. The van der Waals surface area contributed by atoms with Crippen LogP contribution in [0.2, 0.25) is 10.0 Å². The van der Waals surface area contributed by atoms with Crippen molar-refractivity contribution in [2.24, 2.45) is 4.99 Å². The van der Waals surface area contributed by atoms with Crippen LogP contribution in [0.4, 0.5) is 5.69 Å². The molecule has 43 heavy (non-hydrogen) atoms. The lowest BCUT2D eigenvalue weighted by molar-refractivity contribution is -0.384. The number of benzene rings is 3. The first-order valence-electron chi connectivity index (χ1n) is 13.2. The Morgan fingerprint density at radius 1 is 1.09 bits per heavy atom. The number of hydrogen-bond acceptors (Lipinski definition) is 8. The predicted octanol–water partition coefficient (Wildman–Crippen LogP) is 5.90. The Labute approximate surface area is 260 Å². The highest BCUT2D eigenvalue weighted by atomic mass is 35.5. The summed E-state index contributed by atoms with van der Waals surface area (Å²) in [4.78, 5) is 42.3. The maximum absolute atomic E-state index is 13.8. The summed E-state index contributed by atoms with van der Waals surface area (Å²) in [5.74, 6) is -0.277. The maximum atomic E-state index is 13.8. The van der Waals surface area contributed by atoms with Crippen LogP contribution in [0.5, 0.6) is 5.75 Å². The molecule has 9 nitrogen and oxygen atoms in total. The molecule has 0 aliphatic carbocycles. The number of ether oxygens (including phenoxy) is 2. The van der Waals surface area contributed by atoms with Gasteiger partial charge in [-0.25, -0.2) is 9.79 Å². The molecule has 0 radical (unpaired) electrons. The van der Waals surface area contributed by atoms with Crippen LogP contribution in [0.15, 0.2) is 81.7 Å². The van der Waals surface area contributed by atoms with E-state index in [0.717, 1.165) is 11.1 Å². The van der Waals surface area contributed by atoms with Crippen molar-refractivity contribution in [2.45, 2.75) is 33.4 Å². The predicted molar refractivity (Wildman–Crippen MR) is 165 cm³/mol. The number of fused-ring (bicyclic) bond motifs is 1. The third-order valence-electron chi connectivity index (χ3n) is 6.76. The molecule has 0 amide bonds. The summed E-state index contributed by atoms with van der Waals surface area (Å²) in [6.07, 6.45) is 1.66. The number of esters is 1. The first-order valence-corrected chi connectivity index (χ1v) is 14.8. The van der Waals surface area contributed by atoms with Crippen LogP contribution in [0.1, 0.15) is 42.1 Å². The zero-order chi connectivity index (χ0) is 30.8. The zero-order valence-electron chi connectivity index (χ0n) is 23.3. The lowest BCUT2D eigenvalue weighted by Gasteiger charge is -2.24. The van der Waals surface area contributed by atoms with Gasteiger partial charge in [-0.2, -0.15) is 0 Å². The van der Waals surface area contributed by atoms with Gasteiger partial charge in [-0.1, -0.05) is 64.4 Å². The number of halogens is 2. The summed E-state index contributed by atoms with van der Waals surface area (Å²) in [5, 5.41) is 11.3. The number of thiazole rings is 1. The second-order valence-corrected chi connectivity index (χ2v) is 11.6. The molecular weight excluding hydrogens is 613 g/mol. The Morgan fingerprint density at radius 2 is 1.74 bits per heavy atom.